The molecule has 0 bridgehead atoms. The minimum Gasteiger partial charge on any atom is -0.382 e. The molecule has 0 atom stereocenters. The first kappa shape index (κ1) is 26.1. The minimum absolute atomic E-state index is 0.0347. The largest absolute Gasteiger partial charge is 0.382 e. The van der Waals surface area contributed by atoms with Gasteiger partial charge in [-0.1, -0.05) is 13.8 Å². The summed E-state index contributed by atoms with van der Waals surface area (Å²) in [5, 5.41) is 6.22. The first-order valence-corrected chi connectivity index (χ1v) is 13.7. The van der Waals surface area contributed by atoms with Crippen LogP contribution in [0.25, 0.3) is 0 Å². The molecule has 1 aliphatic heterocycles. The number of primary amides is 1. The van der Waals surface area contributed by atoms with Crippen molar-refractivity contribution in [2.75, 3.05) is 16.8 Å². The molecule has 8 nitrogen and oxygen atoms in total. The average molecular weight is 522 g/mol. The van der Waals surface area contributed by atoms with Crippen molar-refractivity contribution in [1.29, 1.82) is 0 Å². The van der Waals surface area contributed by atoms with E-state index in [-0.39, 0.29) is 40.5 Å². The Bertz CT molecular complexity index is 1230. The van der Waals surface area contributed by atoms with Gasteiger partial charge in [0.1, 0.15) is 11.6 Å². The van der Waals surface area contributed by atoms with Crippen LogP contribution in [0.2, 0.25) is 0 Å². The van der Waals surface area contributed by atoms with Gasteiger partial charge in [-0.05, 0) is 75.6 Å². The van der Waals surface area contributed by atoms with Crippen molar-refractivity contribution in [3.8, 4) is 0 Å². The number of rotatable bonds is 10. The van der Waals surface area contributed by atoms with E-state index in [0.717, 1.165) is 69.8 Å². The number of carbonyl (C=O) groups excluding carboxylic acids is 3. The van der Waals surface area contributed by atoms with Crippen LogP contribution < -0.4 is 21.3 Å². The Labute approximate surface area is 222 Å². The lowest BCUT2D eigenvalue weighted by molar-refractivity contribution is 0.0863. The lowest BCUT2D eigenvalue weighted by atomic mass is 9.70. The third-order valence-electron chi connectivity index (χ3n) is 8.40. The predicted molar refractivity (Wildman–Crippen MR) is 144 cm³/mol. The molecule has 1 aromatic carbocycles. The maximum absolute atomic E-state index is 14.9. The fraction of sp³-hybridized carbons (Fsp3) is 0.517. The van der Waals surface area contributed by atoms with E-state index in [1.807, 2.05) is 26.0 Å². The van der Waals surface area contributed by atoms with E-state index in [4.69, 9.17) is 5.73 Å². The molecule has 0 unspecified atom stereocenters. The second-order valence-electron chi connectivity index (χ2n) is 11.0. The molecule has 2 aromatic rings. The van der Waals surface area contributed by atoms with Crippen molar-refractivity contribution in [2.45, 2.75) is 82.8 Å². The summed E-state index contributed by atoms with van der Waals surface area (Å²) >= 11 is 0. The molecular formula is C29H36FN5O3. The van der Waals surface area contributed by atoms with Crippen LogP contribution in [0, 0.1) is 11.7 Å². The summed E-state index contributed by atoms with van der Waals surface area (Å²) in [6.07, 6.45) is 8.74. The topological polar surface area (TPSA) is 117 Å². The molecule has 1 saturated heterocycles. The van der Waals surface area contributed by atoms with Crippen LogP contribution >= 0.6 is 0 Å². The molecule has 1 spiro atoms. The highest BCUT2D eigenvalue weighted by Gasteiger charge is 2.52. The third kappa shape index (κ3) is 4.98. The smallest absolute Gasteiger partial charge is 0.254 e. The summed E-state index contributed by atoms with van der Waals surface area (Å²) < 4.78 is 14.9. The summed E-state index contributed by atoms with van der Waals surface area (Å²) in [5.41, 5.74) is 6.35. The van der Waals surface area contributed by atoms with Gasteiger partial charge in [0, 0.05) is 47.5 Å². The normalized spacial score (nSPS) is 22.4. The molecule has 9 heteroatoms. The van der Waals surface area contributed by atoms with Crippen molar-refractivity contribution in [2.24, 2.45) is 11.7 Å². The van der Waals surface area contributed by atoms with E-state index in [9.17, 15) is 18.8 Å². The monoisotopic (exact) mass is 521 g/mol. The van der Waals surface area contributed by atoms with E-state index in [1.54, 1.807) is 6.20 Å². The van der Waals surface area contributed by atoms with Crippen LogP contribution in [0.5, 0.6) is 0 Å². The lowest BCUT2D eigenvalue weighted by Crippen LogP contribution is -2.61. The van der Waals surface area contributed by atoms with E-state index < -0.39 is 17.6 Å². The van der Waals surface area contributed by atoms with Crippen LogP contribution in [0.4, 0.5) is 15.9 Å². The maximum atomic E-state index is 14.9. The number of hydrogen-bond acceptors (Lipinski definition) is 6. The van der Waals surface area contributed by atoms with Crippen molar-refractivity contribution in [3.05, 3.63) is 53.0 Å². The molecule has 3 fully saturated rings. The highest BCUT2D eigenvalue weighted by atomic mass is 19.1. The van der Waals surface area contributed by atoms with Gasteiger partial charge in [0.05, 0.1) is 11.1 Å². The number of halogens is 1. The number of amides is 2. The van der Waals surface area contributed by atoms with Gasteiger partial charge in [-0.25, -0.2) is 9.37 Å². The first-order valence-electron chi connectivity index (χ1n) is 13.7. The number of hydrogen-bond donors (Lipinski definition) is 3. The van der Waals surface area contributed by atoms with E-state index in [0.29, 0.717) is 11.3 Å². The van der Waals surface area contributed by atoms with Crippen molar-refractivity contribution < 1.29 is 18.8 Å². The second-order valence-corrected chi connectivity index (χ2v) is 11.0. The number of Topliss-reactive ketones (excluding diaryl/α,β-unsaturated/α-hetero) is 1. The molecule has 5 rings (SSSR count). The minimum atomic E-state index is -0.770. The first-order chi connectivity index (χ1) is 18.2. The number of aromatic nitrogens is 1. The Morgan fingerprint density at radius 3 is 2.50 bits per heavy atom. The number of nitrogens with two attached hydrogens (primary N) is 1. The fourth-order valence-electron chi connectivity index (χ4n) is 6.00. The summed E-state index contributed by atoms with van der Waals surface area (Å²) in [6, 6.07) is 6.23. The van der Waals surface area contributed by atoms with Crippen LogP contribution in [0.1, 0.15) is 96.3 Å². The van der Waals surface area contributed by atoms with Crippen molar-refractivity contribution >= 4 is 29.1 Å². The lowest BCUT2D eigenvalue weighted by Gasteiger charge is -2.51. The van der Waals surface area contributed by atoms with Gasteiger partial charge < -0.3 is 21.3 Å². The molecule has 1 aromatic heterocycles. The zero-order valence-corrected chi connectivity index (χ0v) is 22.1. The SMILES string of the molecule is CCC(CC)Nc1cc(C(=O)NC2CC3(CCCN3c3ccc(C(=O)C4CC4)cn3)C2)c(F)cc1C(N)=O. The van der Waals surface area contributed by atoms with Crippen molar-refractivity contribution in [3.63, 3.8) is 0 Å². The second kappa shape index (κ2) is 10.3. The van der Waals surface area contributed by atoms with Crippen LogP contribution in [-0.4, -0.2) is 46.7 Å². The number of nitrogens with zero attached hydrogens (tertiary/aromatic N) is 2. The van der Waals surface area contributed by atoms with Gasteiger partial charge in [0.2, 0.25) is 0 Å². The maximum Gasteiger partial charge on any atom is 0.254 e. The highest BCUT2D eigenvalue weighted by Crippen LogP contribution is 2.47. The van der Waals surface area contributed by atoms with E-state index in [2.05, 4.69) is 20.5 Å². The molecule has 38 heavy (non-hydrogen) atoms. The van der Waals surface area contributed by atoms with Gasteiger partial charge in [-0.2, -0.15) is 0 Å². The number of ketones is 1. The van der Waals surface area contributed by atoms with E-state index in [1.165, 1.54) is 6.07 Å². The fourth-order valence-corrected chi connectivity index (χ4v) is 6.00. The van der Waals surface area contributed by atoms with Gasteiger partial charge in [0.15, 0.2) is 5.78 Å². The quantitative estimate of drug-likeness (QED) is 0.398. The molecule has 3 aliphatic rings. The molecule has 2 saturated carbocycles. The van der Waals surface area contributed by atoms with Gasteiger partial charge in [-0.3, -0.25) is 14.4 Å². The number of benzene rings is 1. The predicted octanol–water partition coefficient (Wildman–Crippen LogP) is 4.44. The number of carbonyl (C=O) groups is 3. The Balaban J connectivity index is 1.26. The number of anilines is 2. The zero-order chi connectivity index (χ0) is 27.0. The molecule has 2 heterocycles. The van der Waals surface area contributed by atoms with Crippen molar-refractivity contribution in [1.82, 2.24) is 10.3 Å². The third-order valence-corrected chi connectivity index (χ3v) is 8.40. The summed E-state index contributed by atoms with van der Waals surface area (Å²) in [4.78, 5) is 44.2. The number of pyridine rings is 1. The standard InChI is InChI=1S/C29H36FN5O3/c1-3-19(4-2)33-24-13-21(23(30)12-22(24)27(31)37)28(38)34-20-14-29(15-20)10-5-11-35(29)25-9-8-18(16-32-25)26(36)17-6-7-17/h8-9,12-13,16-17,19-20,33H,3-7,10-11,14-15H2,1-2H3,(H2,31,37)(H,34,38). The Morgan fingerprint density at radius 2 is 1.89 bits per heavy atom. The Hall–Kier alpha value is -3.49. The summed E-state index contributed by atoms with van der Waals surface area (Å²) in [5.74, 6) is -0.819. The van der Waals surface area contributed by atoms with Crippen LogP contribution in [-0.2, 0) is 0 Å². The molecule has 2 amide bonds. The summed E-state index contributed by atoms with van der Waals surface area (Å²) in [6.45, 7) is 4.90. The van der Waals surface area contributed by atoms with Gasteiger partial charge >= 0.3 is 0 Å². The molecule has 202 valence electrons. The van der Waals surface area contributed by atoms with Crippen LogP contribution in [0.3, 0.4) is 0 Å². The zero-order valence-electron chi connectivity index (χ0n) is 22.1. The van der Waals surface area contributed by atoms with E-state index >= 15 is 0 Å². The average Bonchev–Trinajstić information content (AvgIpc) is 3.65. The van der Waals surface area contributed by atoms with Gasteiger partial charge in [0.25, 0.3) is 11.8 Å². The molecule has 0 radical (unpaired) electrons. The highest BCUT2D eigenvalue weighted by molar-refractivity contribution is 6.02. The molecular weight excluding hydrogens is 485 g/mol. The van der Waals surface area contributed by atoms with Gasteiger partial charge in [-0.15, -0.1) is 0 Å². The van der Waals surface area contributed by atoms with Crippen LogP contribution in [0.15, 0.2) is 30.5 Å². The summed E-state index contributed by atoms with van der Waals surface area (Å²) in [7, 11) is 0. The molecule has 4 N–H and O–H groups in total. The Kier molecular flexibility index (Phi) is 7.11. The molecule has 2 aliphatic carbocycles. The number of nitrogens with one attached hydrogen (secondary N) is 2. The Morgan fingerprint density at radius 1 is 1.16 bits per heavy atom.